The molecule has 20 heavy (non-hydrogen) atoms. The maximum atomic E-state index is 11.6. The zero-order valence-corrected chi connectivity index (χ0v) is 10.9. The number of rotatable bonds is 7. The third-order valence-electron chi connectivity index (χ3n) is 2.38. The number of carboxylic acid groups (broad SMARTS) is 1. The number of carboxylic acids is 1. The summed E-state index contributed by atoms with van der Waals surface area (Å²) >= 11 is 0. The van der Waals surface area contributed by atoms with Crippen molar-refractivity contribution in [1.29, 1.82) is 0 Å². The average molecular weight is 279 g/mol. The molecule has 0 aliphatic heterocycles. The number of hydrogen-bond donors (Lipinski definition) is 4. The van der Waals surface area contributed by atoms with Crippen molar-refractivity contribution in [2.24, 2.45) is 0 Å². The topological polar surface area (TPSA) is 108 Å². The van der Waals surface area contributed by atoms with Crippen LogP contribution in [0, 0.1) is 0 Å². The molecule has 0 unspecified atom stereocenters. The Kier molecular flexibility index (Phi) is 6.77. The maximum Gasteiger partial charge on any atom is 0.303 e. The van der Waals surface area contributed by atoms with Gasteiger partial charge in [-0.15, -0.1) is 0 Å². The molecule has 0 heterocycles. The van der Waals surface area contributed by atoms with Crippen LogP contribution in [0.25, 0.3) is 0 Å². The van der Waals surface area contributed by atoms with Crippen LogP contribution in [0.15, 0.2) is 30.3 Å². The van der Waals surface area contributed by atoms with Gasteiger partial charge >= 0.3 is 5.97 Å². The molecule has 0 aliphatic rings. The predicted octanol–water partition coefficient (Wildman–Crippen LogP) is -0.0980. The van der Waals surface area contributed by atoms with Gasteiger partial charge in [0.1, 0.15) is 0 Å². The number of carbonyl (C=O) groups excluding carboxylic acids is 2. The van der Waals surface area contributed by atoms with E-state index in [0.29, 0.717) is 18.5 Å². The van der Waals surface area contributed by atoms with E-state index < -0.39 is 17.8 Å². The lowest BCUT2D eigenvalue weighted by molar-refractivity contribution is -0.137. The van der Waals surface area contributed by atoms with Gasteiger partial charge in [-0.1, -0.05) is 18.2 Å². The SMILES string of the molecule is O=C(O)CCCNCC(=O)NNC(=O)c1ccccc1. The Bertz CT molecular complexity index is 462. The van der Waals surface area contributed by atoms with Crippen LogP contribution in [0.2, 0.25) is 0 Å². The Labute approximate surface area is 116 Å². The van der Waals surface area contributed by atoms with Gasteiger partial charge in [0.05, 0.1) is 6.54 Å². The van der Waals surface area contributed by atoms with Gasteiger partial charge in [-0.3, -0.25) is 25.2 Å². The number of nitrogens with one attached hydrogen (secondary N) is 3. The molecule has 7 nitrogen and oxygen atoms in total. The molecule has 4 N–H and O–H groups in total. The fourth-order valence-electron chi connectivity index (χ4n) is 1.40. The van der Waals surface area contributed by atoms with E-state index in [1.54, 1.807) is 30.3 Å². The Morgan fingerprint density at radius 2 is 1.75 bits per heavy atom. The number of hydrogen-bond acceptors (Lipinski definition) is 4. The van der Waals surface area contributed by atoms with Crippen molar-refractivity contribution in [3.63, 3.8) is 0 Å². The van der Waals surface area contributed by atoms with Crippen molar-refractivity contribution < 1.29 is 19.5 Å². The lowest BCUT2D eigenvalue weighted by atomic mass is 10.2. The molecule has 0 saturated carbocycles. The van der Waals surface area contributed by atoms with Crippen LogP contribution in [0.4, 0.5) is 0 Å². The summed E-state index contributed by atoms with van der Waals surface area (Å²) in [6, 6.07) is 8.50. The molecule has 0 aliphatic carbocycles. The maximum absolute atomic E-state index is 11.6. The molecule has 1 rings (SSSR count). The molecule has 0 saturated heterocycles. The zero-order valence-electron chi connectivity index (χ0n) is 10.9. The first kappa shape index (κ1) is 15.6. The molecule has 0 bridgehead atoms. The summed E-state index contributed by atoms with van der Waals surface area (Å²) in [5, 5.41) is 11.2. The standard InChI is InChI=1S/C13H17N3O4/c17-11(9-14-8-4-7-12(18)19)15-16-13(20)10-5-2-1-3-6-10/h1-3,5-6,14H,4,7-9H2,(H,15,17)(H,16,20)(H,18,19). The van der Waals surface area contributed by atoms with Crippen molar-refractivity contribution in [3.8, 4) is 0 Å². The molecule has 1 aromatic rings. The second-order valence-corrected chi connectivity index (χ2v) is 4.04. The third-order valence-corrected chi connectivity index (χ3v) is 2.38. The quantitative estimate of drug-likeness (QED) is 0.412. The van der Waals surface area contributed by atoms with E-state index in [4.69, 9.17) is 5.11 Å². The molecular formula is C13H17N3O4. The molecular weight excluding hydrogens is 262 g/mol. The van der Waals surface area contributed by atoms with Gasteiger partial charge in [0.15, 0.2) is 0 Å². The lowest BCUT2D eigenvalue weighted by Gasteiger charge is -2.08. The smallest absolute Gasteiger partial charge is 0.303 e. The lowest BCUT2D eigenvalue weighted by Crippen LogP contribution is -2.45. The van der Waals surface area contributed by atoms with Crippen molar-refractivity contribution in [2.45, 2.75) is 12.8 Å². The molecule has 0 fully saturated rings. The molecule has 0 atom stereocenters. The van der Waals surface area contributed by atoms with Crippen LogP contribution >= 0.6 is 0 Å². The van der Waals surface area contributed by atoms with E-state index in [1.807, 2.05) is 0 Å². The van der Waals surface area contributed by atoms with E-state index in [-0.39, 0.29) is 13.0 Å². The summed E-state index contributed by atoms with van der Waals surface area (Å²) in [6.45, 7) is 0.432. The number of benzene rings is 1. The molecule has 1 aromatic carbocycles. The van der Waals surface area contributed by atoms with Gasteiger partial charge in [-0.05, 0) is 25.1 Å². The minimum Gasteiger partial charge on any atom is -0.481 e. The number of hydrazine groups is 1. The molecule has 108 valence electrons. The number of aliphatic carboxylic acids is 1. The van der Waals surface area contributed by atoms with E-state index in [1.165, 1.54) is 0 Å². The summed E-state index contributed by atoms with van der Waals surface area (Å²) in [6.07, 6.45) is 0.498. The highest BCUT2D eigenvalue weighted by Gasteiger charge is 2.06. The Morgan fingerprint density at radius 3 is 2.40 bits per heavy atom. The fraction of sp³-hybridized carbons (Fsp3) is 0.308. The van der Waals surface area contributed by atoms with Crippen molar-refractivity contribution in [3.05, 3.63) is 35.9 Å². The first-order chi connectivity index (χ1) is 9.59. The van der Waals surface area contributed by atoms with Crippen LogP contribution < -0.4 is 16.2 Å². The summed E-state index contributed by atoms with van der Waals surface area (Å²) in [7, 11) is 0. The largest absolute Gasteiger partial charge is 0.481 e. The van der Waals surface area contributed by atoms with Gasteiger partial charge in [0.25, 0.3) is 11.8 Å². The fourth-order valence-corrected chi connectivity index (χ4v) is 1.40. The van der Waals surface area contributed by atoms with E-state index in [0.717, 1.165) is 0 Å². The van der Waals surface area contributed by atoms with Crippen LogP contribution in [-0.2, 0) is 9.59 Å². The number of carbonyl (C=O) groups is 3. The highest BCUT2D eigenvalue weighted by atomic mass is 16.4. The normalized spacial score (nSPS) is 9.80. The van der Waals surface area contributed by atoms with Crippen LogP contribution in [0.3, 0.4) is 0 Å². The van der Waals surface area contributed by atoms with Crippen LogP contribution in [0.5, 0.6) is 0 Å². The minimum absolute atomic E-state index is 0.00862. The van der Waals surface area contributed by atoms with Gasteiger partial charge in [-0.2, -0.15) is 0 Å². The van der Waals surface area contributed by atoms with Gasteiger partial charge in [-0.25, -0.2) is 0 Å². The summed E-state index contributed by atoms with van der Waals surface area (Å²) in [4.78, 5) is 33.2. The highest BCUT2D eigenvalue weighted by Crippen LogP contribution is 1.96. The zero-order chi connectivity index (χ0) is 14.8. The summed E-state index contributed by atoms with van der Waals surface area (Å²) in [5.41, 5.74) is 5.00. The first-order valence-electron chi connectivity index (χ1n) is 6.16. The third kappa shape index (κ3) is 6.50. The van der Waals surface area contributed by atoms with E-state index in [2.05, 4.69) is 16.2 Å². The predicted molar refractivity (Wildman–Crippen MR) is 71.8 cm³/mol. The van der Waals surface area contributed by atoms with Gasteiger partial charge < -0.3 is 10.4 Å². The van der Waals surface area contributed by atoms with E-state index in [9.17, 15) is 14.4 Å². The van der Waals surface area contributed by atoms with Crippen molar-refractivity contribution >= 4 is 17.8 Å². The molecule has 0 aromatic heterocycles. The Morgan fingerprint density at radius 1 is 1.05 bits per heavy atom. The van der Waals surface area contributed by atoms with Crippen LogP contribution in [-0.4, -0.2) is 36.0 Å². The minimum atomic E-state index is -0.869. The van der Waals surface area contributed by atoms with Crippen LogP contribution in [0.1, 0.15) is 23.2 Å². The highest BCUT2D eigenvalue weighted by molar-refractivity contribution is 5.95. The second kappa shape index (κ2) is 8.65. The average Bonchev–Trinajstić information content (AvgIpc) is 2.45. The van der Waals surface area contributed by atoms with Crippen molar-refractivity contribution in [1.82, 2.24) is 16.2 Å². The molecule has 7 heteroatoms. The molecule has 0 radical (unpaired) electrons. The van der Waals surface area contributed by atoms with E-state index >= 15 is 0 Å². The summed E-state index contributed by atoms with van der Waals surface area (Å²) < 4.78 is 0. The molecule has 2 amide bonds. The van der Waals surface area contributed by atoms with Gasteiger partial charge in [0, 0.05) is 12.0 Å². The Hall–Kier alpha value is -2.41. The van der Waals surface area contributed by atoms with Crippen molar-refractivity contribution in [2.75, 3.05) is 13.1 Å². The monoisotopic (exact) mass is 279 g/mol. The molecule has 0 spiro atoms. The first-order valence-corrected chi connectivity index (χ1v) is 6.16. The Balaban J connectivity index is 2.14. The second-order valence-electron chi connectivity index (χ2n) is 4.04. The number of amides is 2. The van der Waals surface area contributed by atoms with Gasteiger partial charge in [0.2, 0.25) is 0 Å². The summed E-state index contributed by atoms with van der Waals surface area (Å²) in [5.74, 6) is -1.67.